The second-order valence-electron chi connectivity index (χ2n) is 5.27. The van der Waals surface area contributed by atoms with Crippen molar-refractivity contribution in [2.24, 2.45) is 0 Å². The number of nitriles is 1. The number of amides is 1. The number of nitrogens with zero attached hydrogens (tertiary/aromatic N) is 1. The number of hydrogen-bond acceptors (Lipinski definition) is 4. The van der Waals surface area contributed by atoms with Gasteiger partial charge in [-0.1, -0.05) is 42.5 Å². The van der Waals surface area contributed by atoms with E-state index in [1.807, 2.05) is 36.4 Å². The fourth-order valence-electron chi connectivity index (χ4n) is 2.21. The van der Waals surface area contributed by atoms with Gasteiger partial charge in [-0.15, -0.1) is 0 Å². The number of carbonyl (C=O) groups is 2. The quantitative estimate of drug-likeness (QED) is 0.500. The molecule has 5 heteroatoms. The van der Waals surface area contributed by atoms with Gasteiger partial charge in [0, 0.05) is 6.54 Å². The molecule has 0 saturated carbocycles. The largest absolute Gasteiger partial charge is 0.465 e. The van der Waals surface area contributed by atoms with Crippen LogP contribution in [-0.4, -0.2) is 25.5 Å². The van der Waals surface area contributed by atoms with Gasteiger partial charge >= 0.3 is 5.97 Å². The maximum Gasteiger partial charge on any atom is 0.337 e. The lowest BCUT2D eigenvalue weighted by Crippen LogP contribution is -2.26. The summed E-state index contributed by atoms with van der Waals surface area (Å²) in [5, 5.41) is 11.9. The summed E-state index contributed by atoms with van der Waals surface area (Å²) in [6.45, 7) is 0.448. The highest BCUT2D eigenvalue weighted by Crippen LogP contribution is 2.10. The van der Waals surface area contributed by atoms with Crippen LogP contribution in [0.1, 0.15) is 21.5 Å². The fraction of sp³-hybridized carbons (Fsp3) is 0.150. The van der Waals surface area contributed by atoms with E-state index >= 15 is 0 Å². The molecule has 0 unspecified atom stereocenters. The smallest absolute Gasteiger partial charge is 0.337 e. The monoisotopic (exact) mass is 334 g/mol. The minimum absolute atomic E-state index is 0.0129. The molecular weight excluding hydrogens is 316 g/mol. The molecule has 0 aromatic heterocycles. The second-order valence-corrected chi connectivity index (χ2v) is 5.27. The standard InChI is InChI=1S/C20H18N2O3/c1-25-20(24)17-9-7-16(8-10-17)13-18(14-21)19(23)22-12-11-15-5-3-2-4-6-15/h2-10,13H,11-12H2,1H3,(H,22,23). The van der Waals surface area contributed by atoms with E-state index in [0.717, 1.165) is 5.56 Å². The number of carbonyl (C=O) groups excluding carboxylic acids is 2. The van der Waals surface area contributed by atoms with E-state index in [-0.39, 0.29) is 5.57 Å². The summed E-state index contributed by atoms with van der Waals surface area (Å²) < 4.78 is 4.63. The number of methoxy groups -OCH3 is 1. The number of nitrogens with one attached hydrogen (secondary N) is 1. The Hall–Kier alpha value is -3.39. The lowest BCUT2D eigenvalue weighted by atomic mass is 10.1. The summed E-state index contributed by atoms with van der Waals surface area (Å²) in [5.41, 5.74) is 2.19. The summed E-state index contributed by atoms with van der Waals surface area (Å²) in [6.07, 6.45) is 2.18. The Morgan fingerprint density at radius 2 is 1.80 bits per heavy atom. The van der Waals surface area contributed by atoms with Gasteiger partial charge in [0.25, 0.3) is 5.91 Å². The van der Waals surface area contributed by atoms with Gasteiger partial charge < -0.3 is 10.1 Å². The van der Waals surface area contributed by atoms with Crippen molar-refractivity contribution in [2.45, 2.75) is 6.42 Å². The fourth-order valence-corrected chi connectivity index (χ4v) is 2.21. The Kier molecular flexibility index (Phi) is 6.49. The molecule has 0 heterocycles. The van der Waals surface area contributed by atoms with Crippen LogP contribution in [0.3, 0.4) is 0 Å². The van der Waals surface area contributed by atoms with Crippen molar-refractivity contribution in [1.29, 1.82) is 5.26 Å². The van der Waals surface area contributed by atoms with Gasteiger partial charge in [0.1, 0.15) is 11.6 Å². The van der Waals surface area contributed by atoms with Crippen LogP contribution in [0.2, 0.25) is 0 Å². The Balaban J connectivity index is 1.98. The molecular formula is C20H18N2O3. The maximum atomic E-state index is 12.1. The van der Waals surface area contributed by atoms with Crippen LogP contribution >= 0.6 is 0 Å². The van der Waals surface area contributed by atoms with Crippen LogP contribution in [0.25, 0.3) is 6.08 Å². The van der Waals surface area contributed by atoms with E-state index in [2.05, 4.69) is 10.1 Å². The predicted molar refractivity (Wildman–Crippen MR) is 94.5 cm³/mol. The number of hydrogen-bond donors (Lipinski definition) is 1. The van der Waals surface area contributed by atoms with E-state index in [4.69, 9.17) is 0 Å². The molecule has 0 aliphatic carbocycles. The van der Waals surface area contributed by atoms with E-state index in [1.165, 1.54) is 13.2 Å². The number of esters is 1. The topological polar surface area (TPSA) is 79.2 Å². The first-order valence-electron chi connectivity index (χ1n) is 7.76. The molecule has 0 fully saturated rings. The zero-order valence-electron chi connectivity index (χ0n) is 13.9. The molecule has 0 bridgehead atoms. The highest BCUT2D eigenvalue weighted by atomic mass is 16.5. The molecule has 2 aromatic carbocycles. The van der Waals surface area contributed by atoms with Crippen LogP contribution in [0.15, 0.2) is 60.2 Å². The lowest BCUT2D eigenvalue weighted by molar-refractivity contribution is -0.117. The van der Waals surface area contributed by atoms with Crippen molar-refractivity contribution >= 4 is 18.0 Å². The Labute approximate surface area is 146 Å². The average molecular weight is 334 g/mol. The van der Waals surface area contributed by atoms with E-state index in [0.29, 0.717) is 24.1 Å². The average Bonchev–Trinajstić information content (AvgIpc) is 2.66. The van der Waals surface area contributed by atoms with Gasteiger partial charge in [-0.05, 0) is 35.8 Å². The third-order valence-corrected chi connectivity index (χ3v) is 3.55. The number of ether oxygens (including phenoxy) is 1. The Morgan fingerprint density at radius 1 is 1.12 bits per heavy atom. The van der Waals surface area contributed by atoms with Crippen molar-refractivity contribution in [3.05, 3.63) is 76.9 Å². The molecule has 5 nitrogen and oxygen atoms in total. The third kappa shape index (κ3) is 5.33. The minimum Gasteiger partial charge on any atom is -0.465 e. The molecule has 2 rings (SSSR count). The maximum absolute atomic E-state index is 12.1. The summed E-state index contributed by atoms with van der Waals surface area (Å²) in [7, 11) is 1.31. The molecule has 0 saturated heterocycles. The zero-order valence-corrected chi connectivity index (χ0v) is 13.9. The molecule has 126 valence electrons. The van der Waals surface area contributed by atoms with Crippen LogP contribution in [0.4, 0.5) is 0 Å². The molecule has 0 spiro atoms. The van der Waals surface area contributed by atoms with Crippen molar-refractivity contribution < 1.29 is 14.3 Å². The molecule has 0 aliphatic rings. The van der Waals surface area contributed by atoms with Gasteiger partial charge in [0.2, 0.25) is 0 Å². The predicted octanol–water partition coefficient (Wildman–Crippen LogP) is 2.74. The Bertz CT molecular complexity index is 803. The SMILES string of the molecule is COC(=O)c1ccc(C=C(C#N)C(=O)NCCc2ccccc2)cc1. The van der Waals surface area contributed by atoms with E-state index < -0.39 is 11.9 Å². The first kappa shape index (κ1) is 18.0. The Morgan fingerprint density at radius 3 is 2.40 bits per heavy atom. The second kappa shape index (κ2) is 9.04. The molecule has 25 heavy (non-hydrogen) atoms. The first-order valence-corrected chi connectivity index (χ1v) is 7.76. The van der Waals surface area contributed by atoms with Gasteiger partial charge in [-0.3, -0.25) is 4.79 Å². The molecule has 0 atom stereocenters. The van der Waals surface area contributed by atoms with Crippen LogP contribution in [0.5, 0.6) is 0 Å². The summed E-state index contributed by atoms with van der Waals surface area (Å²) in [5.74, 6) is -0.856. The summed E-state index contributed by atoms with van der Waals surface area (Å²) >= 11 is 0. The van der Waals surface area contributed by atoms with Gasteiger partial charge in [0.05, 0.1) is 12.7 Å². The van der Waals surface area contributed by atoms with Crippen molar-refractivity contribution in [1.82, 2.24) is 5.32 Å². The zero-order chi connectivity index (χ0) is 18.1. The molecule has 2 aromatic rings. The highest BCUT2D eigenvalue weighted by Gasteiger charge is 2.09. The van der Waals surface area contributed by atoms with Gasteiger partial charge in [-0.25, -0.2) is 4.79 Å². The lowest BCUT2D eigenvalue weighted by Gasteiger charge is -2.05. The van der Waals surface area contributed by atoms with E-state index in [9.17, 15) is 14.9 Å². The first-order chi connectivity index (χ1) is 12.1. The van der Waals surface area contributed by atoms with Crippen molar-refractivity contribution in [3.63, 3.8) is 0 Å². The van der Waals surface area contributed by atoms with Gasteiger partial charge in [0.15, 0.2) is 0 Å². The summed E-state index contributed by atoms with van der Waals surface area (Å²) in [4.78, 5) is 23.5. The normalized spacial score (nSPS) is 10.6. The number of benzene rings is 2. The molecule has 1 amide bonds. The minimum atomic E-state index is -0.435. The van der Waals surface area contributed by atoms with Crippen molar-refractivity contribution in [3.8, 4) is 6.07 Å². The van der Waals surface area contributed by atoms with E-state index in [1.54, 1.807) is 24.3 Å². The van der Waals surface area contributed by atoms with Gasteiger partial charge in [-0.2, -0.15) is 5.26 Å². The van der Waals surface area contributed by atoms with Crippen LogP contribution in [0, 0.1) is 11.3 Å². The molecule has 0 radical (unpaired) electrons. The molecule has 0 aliphatic heterocycles. The van der Waals surface area contributed by atoms with Crippen LogP contribution < -0.4 is 5.32 Å². The van der Waals surface area contributed by atoms with Crippen molar-refractivity contribution in [2.75, 3.05) is 13.7 Å². The van der Waals surface area contributed by atoms with Crippen LogP contribution in [-0.2, 0) is 16.0 Å². The number of rotatable bonds is 6. The molecule has 1 N–H and O–H groups in total. The summed E-state index contributed by atoms with van der Waals surface area (Å²) in [6, 6.07) is 18.2. The highest BCUT2D eigenvalue weighted by molar-refractivity contribution is 6.01. The third-order valence-electron chi connectivity index (χ3n) is 3.55.